The van der Waals surface area contributed by atoms with Crippen molar-refractivity contribution in [3.05, 3.63) is 77.6 Å². The van der Waals surface area contributed by atoms with Crippen LogP contribution in [0.25, 0.3) is 11.1 Å². The van der Waals surface area contributed by atoms with E-state index >= 15 is 0 Å². The van der Waals surface area contributed by atoms with Gasteiger partial charge in [-0.15, -0.1) is 0 Å². The number of benzene rings is 3. The highest BCUT2D eigenvalue weighted by atomic mass is 31.2. The lowest BCUT2D eigenvalue weighted by atomic mass is 10.0. The zero-order chi connectivity index (χ0) is 17.1. The fraction of sp³-hybridized carbons (Fsp3) is 0.100. The molecule has 24 heavy (non-hydrogen) atoms. The molecule has 0 amide bonds. The Kier molecular flexibility index (Phi) is 3.33. The first-order chi connectivity index (χ1) is 11.4. The van der Waals surface area contributed by atoms with Crippen molar-refractivity contribution in [3.63, 3.8) is 0 Å². The van der Waals surface area contributed by atoms with Crippen molar-refractivity contribution in [2.75, 3.05) is 6.66 Å². The Hall–Kier alpha value is -2.12. The summed E-state index contributed by atoms with van der Waals surface area (Å²) in [5, 5.41) is 2.50. The number of rotatable bonds is 1. The molecule has 0 saturated carbocycles. The van der Waals surface area contributed by atoms with Crippen LogP contribution in [0.2, 0.25) is 0 Å². The monoisotopic (exact) mass is 343 g/mol. The van der Waals surface area contributed by atoms with Crippen LogP contribution in [-0.2, 0) is 0 Å². The molecule has 0 aromatic heterocycles. The van der Waals surface area contributed by atoms with Crippen LogP contribution in [0.5, 0.6) is 0 Å². The maximum atomic E-state index is 14.7. The van der Waals surface area contributed by atoms with Crippen LogP contribution in [0.3, 0.4) is 0 Å². The van der Waals surface area contributed by atoms with Crippen LogP contribution in [0.1, 0.15) is 5.56 Å². The lowest BCUT2D eigenvalue weighted by molar-refractivity contribution is 0.588. The normalized spacial score (nSPS) is 18.4. The van der Waals surface area contributed by atoms with Gasteiger partial charge in [0.05, 0.1) is 6.66 Å². The number of halogens is 3. The lowest BCUT2D eigenvalue weighted by Gasteiger charge is -2.21. The Morgan fingerprint density at radius 3 is 2.12 bits per heavy atom. The van der Waals surface area contributed by atoms with Crippen molar-refractivity contribution >= 4 is 23.2 Å². The number of hydrogen-bond donors (Lipinski definition) is 0. The van der Waals surface area contributed by atoms with Gasteiger partial charge in [0.1, 0.15) is 34.8 Å². The fourth-order valence-electron chi connectivity index (χ4n) is 3.80. The molecular weight excluding hydrogens is 328 g/mol. The minimum Gasteiger partial charge on any atom is -0.207 e. The van der Waals surface area contributed by atoms with E-state index in [1.165, 1.54) is 24.3 Å². The molecule has 1 unspecified atom stereocenters. The predicted octanol–water partition coefficient (Wildman–Crippen LogP) is 4.32. The molecule has 0 radical (unpaired) electrons. The van der Waals surface area contributed by atoms with Gasteiger partial charge in [-0.05, 0) is 42.8 Å². The van der Waals surface area contributed by atoms with Crippen LogP contribution in [-0.4, -0.2) is 6.66 Å². The molecule has 4 heteroatoms. The van der Waals surface area contributed by atoms with Gasteiger partial charge in [0, 0.05) is 17.2 Å². The van der Waals surface area contributed by atoms with Crippen LogP contribution >= 0.6 is 7.26 Å². The third-order valence-corrected chi connectivity index (χ3v) is 8.98. The number of hydrogen-bond acceptors (Lipinski definition) is 0. The van der Waals surface area contributed by atoms with Gasteiger partial charge in [0.15, 0.2) is 5.82 Å². The topological polar surface area (TPSA) is 0 Å². The van der Waals surface area contributed by atoms with E-state index < -0.39 is 18.9 Å². The van der Waals surface area contributed by atoms with Crippen molar-refractivity contribution in [2.45, 2.75) is 6.92 Å². The zero-order valence-electron chi connectivity index (χ0n) is 13.3. The van der Waals surface area contributed by atoms with Crippen molar-refractivity contribution in [3.8, 4) is 11.1 Å². The van der Waals surface area contributed by atoms with Gasteiger partial charge >= 0.3 is 0 Å². The third-order valence-electron chi connectivity index (χ3n) is 4.81. The lowest BCUT2D eigenvalue weighted by Crippen LogP contribution is -2.30. The molecule has 0 bridgehead atoms. The summed E-state index contributed by atoms with van der Waals surface area (Å²) < 4.78 is 41.9. The molecule has 0 saturated heterocycles. The average molecular weight is 343 g/mol. The molecule has 120 valence electrons. The van der Waals surface area contributed by atoms with Gasteiger partial charge in [-0.1, -0.05) is 18.2 Å². The molecule has 1 heterocycles. The van der Waals surface area contributed by atoms with Crippen LogP contribution in [0, 0.1) is 24.4 Å². The van der Waals surface area contributed by atoms with E-state index in [1.807, 2.05) is 31.8 Å². The molecule has 3 aromatic carbocycles. The van der Waals surface area contributed by atoms with Gasteiger partial charge in [-0.3, -0.25) is 0 Å². The second-order valence-corrected chi connectivity index (χ2v) is 9.66. The van der Waals surface area contributed by atoms with Crippen molar-refractivity contribution in [2.24, 2.45) is 0 Å². The van der Waals surface area contributed by atoms with E-state index in [-0.39, 0.29) is 5.82 Å². The quantitative estimate of drug-likeness (QED) is 0.578. The van der Waals surface area contributed by atoms with E-state index in [4.69, 9.17) is 0 Å². The van der Waals surface area contributed by atoms with Crippen molar-refractivity contribution in [1.82, 2.24) is 0 Å². The standard InChI is InChI=1S/C20H15F3P/c1-12-4-3-5-15-16-10-13(21)6-8-18(16)24(2,20(12)15)19-9-7-14(22)11-17(19)23/h3-11H,1-2H3/q+1. The first-order valence-electron chi connectivity index (χ1n) is 7.66. The highest BCUT2D eigenvalue weighted by molar-refractivity contribution is 7.96. The first-order valence-corrected chi connectivity index (χ1v) is 9.89. The van der Waals surface area contributed by atoms with Crippen molar-refractivity contribution < 1.29 is 13.2 Å². The minimum absolute atomic E-state index is 0.311. The van der Waals surface area contributed by atoms with E-state index in [2.05, 4.69) is 0 Å². The summed E-state index contributed by atoms with van der Waals surface area (Å²) in [6.45, 7) is 4.01. The first kappa shape index (κ1) is 15.4. The molecule has 0 N–H and O–H groups in total. The van der Waals surface area contributed by atoms with Gasteiger partial charge < -0.3 is 0 Å². The number of fused-ring (bicyclic) bond motifs is 3. The second-order valence-electron chi connectivity index (χ2n) is 6.23. The summed E-state index contributed by atoms with van der Waals surface area (Å²) in [5.74, 6) is -1.45. The smallest absolute Gasteiger partial charge is 0.168 e. The summed E-state index contributed by atoms with van der Waals surface area (Å²) in [7, 11) is -2.28. The van der Waals surface area contributed by atoms with Crippen LogP contribution in [0.15, 0.2) is 54.6 Å². The molecule has 0 fully saturated rings. The predicted molar refractivity (Wildman–Crippen MR) is 94.7 cm³/mol. The molecule has 4 rings (SSSR count). The summed E-state index contributed by atoms with van der Waals surface area (Å²) in [4.78, 5) is 0. The Balaban J connectivity index is 2.13. The van der Waals surface area contributed by atoms with Crippen LogP contribution < -0.4 is 15.9 Å². The highest BCUT2D eigenvalue weighted by Gasteiger charge is 2.51. The van der Waals surface area contributed by atoms with E-state index in [0.29, 0.717) is 5.30 Å². The Bertz CT molecular complexity index is 981. The summed E-state index contributed by atoms with van der Waals surface area (Å²) in [6.07, 6.45) is 0. The molecule has 0 nitrogen and oxygen atoms in total. The van der Waals surface area contributed by atoms with Crippen molar-refractivity contribution in [1.29, 1.82) is 0 Å². The fourth-order valence-corrected chi connectivity index (χ4v) is 7.90. The largest absolute Gasteiger partial charge is 0.207 e. The highest BCUT2D eigenvalue weighted by Crippen LogP contribution is 2.60. The van der Waals surface area contributed by atoms with E-state index in [0.717, 1.165) is 33.4 Å². The molecule has 3 aromatic rings. The Morgan fingerprint density at radius 2 is 1.42 bits per heavy atom. The Labute approximate surface area is 139 Å². The van der Waals surface area contributed by atoms with Gasteiger partial charge in [0.25, 0.3) is 0 Å². The summed E-state index contributed by atoms with van der Waals surface area (Å²) >= 11 is 0. The number of aryl methyl sites for hydroxylation is 1. The molecule has 1 aliphatic heterocycles. The third kappa shape index (κ3) is 1.98. The second kappa shape index (κ2) is 5.19. The van der Waals surface area contributed by atoms with Gasteiger partial charge in [-0.2, -0.15) is 0 Å². The molecular formula is C20H15F3P+. The summed E-state index contributed by atoms with van der Waals surface area (Å²) in [6, 6.07) is 14.3. The van der Waals surface area contributed by atoms with Crippen LogP contribution in [0.4, 0.5) is 13.2 Å². The van der Waals surface area contributed by atoms with Gasteiger partial charge in [-0.25, -0.2) is 13.2 Å². The van der Waals surface area contributed by atoms with Gasteiger partial charge in [0.2, 0.25) is 0 Å². The summed E-state index contributed by atoms with van der Waals surface area (Å²) in [5.41, 5.74) is 2.81. The average Bonchev–Trinajstić information content (AvgIpc) is 2.78. The SMILES string of the molecule is Cc1cccc2c1[P+](C)(c1ccc(F)cc1F)c1ccc(F)cc1-2. The molecule has 1 aliphatic rings. The Morgan fingerprint density at radius 1 is 0.750 bits per heavy atom. The zero-order valence-corrected chi connectivity index (χ0v) is 14.2. The molecule has 0 aliphatic carbocycles. The van der Waals surface area contributed by atoms with E-state index in [1.54, 1.807) is 6.07 Å². The maximum Gasteiger partial charge on any atom is 0.168 e. The molecule has 1 atom stereocenters. The van der Waals surface area contributed by atoms with E-state index in [9.17, 15) is 13.2 Å². The molecule has 0 spiro atoms. The minimum atomic E-state index is -2.28. The maximum absolute atomic E-state index is 14.7.